The SMILES string of the molecule is CCOC(C)(CC)c1noc(-c2ccc3c(c2)NCC3)n1. The highest BCUT2D eigenvalue weighted by molar-refractivity contribution is 5.66. The van der Waals surface area contributed by atoms with Crippen LogP contribution in [0.2, 0.25) is 0 Å². The summed E-state index contributed by atoms with van der Waals surface area (Å²) in [7, 11) is 0. The Morgan fingerprint density at radius 1 is 1.38 bits per heavy atom. The summed E-state index contributed by atoms with van der Waals surface area (Å²) in [5.74, 6) is 1.15. The van der Waals surface area contributed by atoms with Crippen LogP contribution in [0.1, 0.15) is 38.6 Å². The number of hydrogen-bond acceptors (Lipinski definition) is 5. The van der Waals surface area contributed by atoms with E-state index in [1.807, 2.05) is 19.9 Å². The fraction of sp³-hybridized carbons (Fsp3) is 0.500. The van der Waals surface area contributed by atoms with Gasteiger partial charge in [0, 0.05) is 24.4 Å². The smallest absolute Gasteiger partial charge is 0.258 e. The first kappa shape index (κ1) is 14.1. The first-order valence-electron chi connectivity index (χ1n) is 7.51. The Morgan fingerprint density at radius 3 is 3.00 bits per heavy atom. The number of anilines is 1. The summed E-state index contributed by atoms with van der Waals surface area (Å²) < 4.78 is 11.2. The minimum absolute atomic E-state index is 0.495. The largest absolute Gasteiger partial charge is 0.384 e. The molecule has 0 saturated heterocycles. The molecule has 3 rings (SSSR count). The van der Waals surface area contributed by atoms with Crippen molar-refractivity contribution in [3.05, 3.63) is 29.6 Å². The molecule has 5 nitrogen and oxygen atoms in total. The molecule has 2 heterocycles. The van der Waals surface area contributed by atoms with Crippen LogP contribution in [0.15, 0.2) is 22.7 Å². The molecule has 0 fully saturated rings. The van der Waals surface area contributed by atoms with Gasteiger partial charge in [-0.05, 0) is 44.4 Å². The van der Waals surface area contributed by atoms with Crippen LogP contribution in [0.4, 0.5) is 5.69 Å². The second-order valence-electron chi connectivity index (χ2n) is 5.49. The van der Waals surface area contributed by atoms with Crippen molar-refractivity contribution in [1.82, 2.24) is 10.1 Å². The summed E-state index contributed by atoms with van der Waals surface area (Å²) >= 11 is 0. The molecule has 1 aliphatic heterocycles. The number of rotatable bonds is 5. The molecule has 0 radical (unpaired) electrons. The first-order valence-corrected chi connectivity index (χ1v) is 7.51. The van der Waals surface area contributed by atoms with Crippen LogP contribution in [0.5, 0.6) is 0 Å². The van der Waals surface area contributed by atoms with Crippen molar-refractivity contribution in [3.63, 3.8) is 0 Å². The third kappa shape index (κ3) is 2.53. The third-order valence-corrected chi connectivity index (χ3v) is 4.10. The van der Waals surface area contributed by atoms with Gasteiger partial charge in [0.1, 0.15) is 5.60 Å². The molecule has 1 aromatic carbocycles. The van der Waals surface area contributed by atoms with Crippen molar-refractivity contribution in [2.75, 3.05) is 18.5 Å². The van der Waals surface area contributed by atoms with E-state index in [1.54, 1.807) is 0 Å². The van der Waals surface area contributed by atoms with Gasteiger partial charge in [0.25, 0.3) is 5.89 Å². The number of aromatic nitrogens is 2. The lowest BCUT2D eigenvalue weighted by Crippen LogP contribution is -2.26. The average molecular weight is 287 g/mol. The zero-order valence-corrected chi connectivity index (χ0v) is 12.8. The van der Waals surface area contributed by atoms with Crippen LogP contribution in [0.3, 0.4) is 0 Å². The molecule has 0 spiro atoms. The van der Waals surface area contributed by atoms with Crippen LogP contribution < -0.4 is 5.32 Å². The molecular weight excluding hydrogens is 266 g/mol. The van der Waals surface area contributed by atoms with Crippen LogP contribution in [0, 0.1) is 0 Å². The molecule has 21 heavy (non-hydrogen) atoms. The lowest BCUT2D eigenvalue weighted by atomic mass is 10.0. The highest BCUT2D eigenvalue weighted by atomic mass is 16.5. The van der Waals surface area contributed by atoms with E-state index in [-0.39, 0.29) is 0 Å². The van der Waals surface area contributed by atoms with Gasteiger partial charge in [0.05, 0.1) is 0 Å². The molecule has 112 valence electrons. The molecule has 1 N–H and O–H groups in total. The molecule has 0 saturated carbocycles. The van der Waals surface area contributed by atoms with Crippen molar-refractivity contribution >= 4 is 5.69 Å². The lowest BCUT2D eigenvalue weighted by Gasteiger charge is -2.23. The first-order chi connectivity index (χ1) is 10.2. The molecule has 0 aliphatic carbocycles. The van der Waals surface area contributed by atoms with Crippen molar-refractivity contribution < 1.29 is 9.26 Å². The Hall–Kier alpha value is -1.88. The minimum atomic E-state index is -0.495. The van der Waals surface area contributed by atoms with Gasteiger partial charge in [0.2, 0.25) is 5.82 Å². The van der Waals surface area contributed by atoms with Crippen molar-refractivity contribution in [1.29, 1.82) is 0 Å². The predicted octanol–water partition coefficient (Wildman–Crippen LogP) is 3.37. The maximum absolute atomic E-state index is 5.79. The van der Waals surface area contributed by atoms with Crippen molar-refractivity contribution in [2.45, 2.75) is 39.2 Å². The van der Waals surface area contributed by atoms with E-state index >= 15 is 0 Å². The molecule has 1 atom stereocenters. The van der Waals surface area contributed by atoms with Crippen LogP contribution in [-0.2, 0) is 16.8 Å². The van der Waals surface area contributed by atoms with Crippen LogP contribution >= 0.6 is 0 Å². The molecule has 2 aromatic rings. The highest BCUT2D eigenvalue weighted by Crippen LogP contribution is 2.31. The van der Waals surface area contributed by atoms with Gasteiger partial charge in [-0.25, -0.2) is 0 Å². The van der Waals surface area contributed by atoms with Gasteiger partial charge in [-0.15, -0.1) is 0 Å². The normalized spacial score (nSPS) is 16.3. The Bertz CT molecular complexity index is 638. The number of benzene rings is 1. The van der Waals surface area contributed by atoms with E-state index in [1.165, 1.54) is 5.56 Å². The zero-order chi connectivity index (χ0) is 14.9. The Kier molecular flexibility index (Phi) is 3.68. The predicted molar refractivity (Wildman–Crippen MR) is 81.2 cm³/mol. The van der Waals surface area contributed by atoms with E-state index < -0.39 is 5.60 Å². The number of hydrogen-bond donors (Lipinski definition) is 1. The van der Waals surface area contributed by atoms with Crippen molar-refractivity contribution in [3.8, 4) is 11.5 Å². The molecule has 1 aliphatic rings. The zero-order valence-electron chi connectivity index (χ0n) is 12.8. The fourth-order valence-corrected chi connectivity index (χ4v) is 2.62. The summed E-state index contributed by atoms with van der Waals surface area (Å²) in [6, 6.07) is 6.23. The lowest BCUT2D eigenvalue weighted by molar-refractivity contribution is -0.0403. The Morgan fingerprint density at radius 2 is 2.24 bits per heavy atom. The fourth-order valence-electron chi connectivity index (χ4n) is 2.62. The van der Waals surface area contributed by atoms with Gasteiger partial charge in [0.15, 0.2) is 0 Å². The average Bonchev–Trinajstić information content (AvgIpc) is 3.15. The number of fused-ring (bicyclic) bond motifs is 1. The molecule has 1 unspecified atom stereocenters. The number of nitrogens with one attached hydrogen (secondary N) is 1. The van der Waals surface area contributed by atoms with E-state index in [9.17, 15) is 0 Å². The van der Waals surface area contributed by atoms with Gasteiger partial charge >= 0.3 is 0 Å². The second-order valence-corrected chi connectivity index (χ2v) is 5.49. The standard InChI is InChI=1S/C16H21N3O2/c1-4-16(3,20-5-2)15-18-14(21-19-15)12-7-6-11-8-9-17-13(11)10-12/h6-7,10,17H,4-5,8-9H2,1-3H3. The summed E-state index contributed by atoms with van der Waals surface area (Å²) in [6.07, 6.45) is 1.87. The van der Waals surface area contributed by atoms with Crippen molar-refractivity contribution in [2.24, 2.45) is 0 Å². The summed E-state index contributed by atoms with van der Waals surface area (Å²) in [6.45, 7) is 7.64. The second kappa shape index (κ2) is 5.48. The molecule has 5 heteroatoms. The summed E-state index contributed by atoms with van der Waals surface area (Å²) in [4.78, 5) is 4.54. The molecule has 0 bridgehead atoms. The Labute approximate surface area is 124 Å². The number of nitrogens with zero attached hydrogens (tertiary/aromatic N) is 2. The van der Waals surface area contributed by atoms with Gasteiger partial charge in [-0.2, -0.15) is 4.98 Å². The molecular formula is C16H21N3O2. The molecule has 0 amide bonds. The Balaban J connectivity index is 1.91. The van der Waals surface area contributed by atoms with E-state index in [0.29, 0.717) is 18.3 Å². The van der Waals surface area contributed by atoms with Gasteiger partial charge in [-0.1, -0.05) is 18.1 Å². The summed E-state index contributed by atoms with van der Waals surface area (Å²) in [5, 5.41) is 7.48. The highest BCUT2D eigenvalue weighted by Gasteiger charge is 2.31. The van der Waals surface area contributed by atoms with Gasteiger partial charge < -0.3 is 14.6 Å². The quantitative estimate of drug-likeness (QED) is 0.913. The van der Waals surface area contributed by atoms with Crippen LogP contribution in [-0.4, -0.2) is 23.3 Å². The maximum atomic E-state index is 5.79. The topological polar surface area (TPSA) is 60.2 Å². The minimum Gasteiger partial charge on any atom is -0.384 e. The monoisotopic (exact) mass is 287 g/mol. The van der Waals surface area contributed by atoms with E-state index in [4.69, 9.17) is 9.26 Å². The third-order valence-electron chi connectivity index (χ3n) is 4.10. The van der Waals surface area contributed by atoms with Crippen LogP contribution in [0.25, 0.3) is 11.5 Å². The van der Waals surface area contributed by atoms with E-state index in [0.717, 1.165) is 30.6 Å². The maximum Gasteiger partial charge on any atom is 0.258 e. The molecule has 1 aromatic heterocycles. The number of ether oxygens (including phenoxy) is 1. The summed E-state index contributed by atoms with van der Waals surface area (Å²) in [5.41, 5.74) is 2.95. The van der Waals surface area contributed by atoms with E-state index in [2.05, 4.69) is 34.5 Å². The van der Waals surface area contributed by atoms with Gasteiger partial charge in [-0.3, -0.25) is 0 Å².